The van der Waals surface area contributed by atoms with E-state index in [1.807, 2.05) is 0 Å². The molecule has 32 heavy (non-hydrogen) atoms. The Kier molecular flexibility index (Phi) is 6.15. The zero-order valence-corrected chi connectivity index (χ0v) is 18.1. The molecule has 0 saturated carbocycles. The zero-order chi connectivity index (χ0) is 22.7. The van der Waals surface area contributed by atoms with Gasteiger partial charge in [0.2, 0.25) is 5.91 Å². The summed E-state index contributed by atoms with van der Waals surface area (Å²) in [6.07, 6.45) is 4.97. The van der Waals surface area contributed by atoms with Gasteiger partial charge in [-0.15, -0.1) is 0 Å². The molecule has 1 aromatic heterocycles. The number of anilines is 3. The minimum Gasteiger partial charge on any atom is -0.354 e. The Morgan fingerprint density at radius 3 is 2.66 bits per heavy atom. The number of amides is 1. The molecule has 162 valence electrons. The quantitative estimate of drug-likeness (QED) is 0.577. The molecule has 0 aliphatic carbocycles. The second kappa shape index (κ2) is 9.16. The van der Waals surface area contributed by atoms with Gasteiger partial charge in [0.1, 0.15) is 11.9 Å². The second-order valence-electron chi connectivity index (χ2n) is 8.07. The summed E-state index contributed by atoms with van der Waals surface area (Å²) >= 11 is 0. The predicted molar refractivity (Wildman–Crippen MR) is 124 cm³/mol. The van der Waals surface area contributed by atoms with Crippen LogP contribution in [0, 0.1) is 24.1 Å². The molecule has 1 saturated heterocycles. The SMILES string of the molecule is Cc1cc(Nc2c(C#N)cnc3ccc(NC(=O)C=C4CCN(C)CC4)cc23)ccc1F. The van der Waals surface area contributed by atoms with Gasteiger partial charge in [0.15, 0.2) is 0 Å². The molecule has 1 aliphatic rings. The molecular formula is C25H24FN5O. The first-order chi connectivity index (χ1) is 15.4. The fraction of sp³-hybridized carbons (Fsp3) is 0.240. The standard InChI is InChI=1S/C25H24FN5O/c1-16-11-19(3-5-22(16)26)30-25-18(14-27)15-28-23-6-4-20(13-21(23)25)29-24(32)12-17-7-9-31(2)10-8-17/h3-6,11-13,15H,7-10H2,1-2H3,(H,28,30)(H,29,32). The number of hydrogen-bond acceptors (Lipinski definition) is 5. The van der Waals surface area contributed by atoms with Crippen LogP contribution >= 0.6 is 0 Å². The number of aryl methyl sites for hydroxylation is 1. The summed E-state index contributed by atoms with van der Waals surface area (Å²) in [6.45, 7) is 3.59. The summed E-state index contributed by atoms with van der Waals surface area (Å²) in [6, 6.07) is 12.2. The van der Waals surface area contributed by atoms with Crippen molar-refractivity contribution in [1.82, 2.24) is 9.88 Å². The maximum Gasteiger partial charge on any atom is 0.248 e. The van der Waals surface area contributed by atoms with E-state index in [9.17, 15) is 14.4 Å². The molecular weight excluding hydrogens is 405 g/mol. The molecule has 3 aromatic rings. The van der Waals surface area contributed by atoms with Crippen molar-refractivity contribution in [2.75, 3.05) is 30.8 Å². The number of piperidine rings is 1. The minimum atomic E-state index is -0.292. The summed E-state index contributed by atoms with van der Waals surface area (Å²) in [4.78, 5) is 19.1. The van der Waals surface area contributed by atoms with Crippen LogP contribution in [0.5, 0.6) is 0 Å². The fourth-order valence-electron chi connectivity index (χ4n) is 3.77. The second-order valence-corrected chi connectivity index (χ2v) is 8.07. The molecule has 0 radical (unpaired) electrons. The average Bonchev–Trinajstić information content (AvgIpc) is 2.78. The van der Waals surface area contributed by atoms with Crippen LogP contribution in [0.2, 0.25) is 0 Å². The Balaban J connectivity index is 1.64. The van der Waals surface area contributed by atoms with Gasteiger partial charge in [0, 0.05) is 42.1 Å². The lowest BCUT2D eigenvalue weighted by Crippen LogP contribution is -2.26. The highest BCUT2D eigenvalue weighted by molar-refractivity contribution is 6.03. The minimum absolute atomic E-state index is 0.169. The molecule has 6 nitrogen and oxygen atoms in total. The number of hydrogen-bond donors (Lipinski definition) is 2. The summed E-state index contributed by atoms with van der Waals surface area (Å²) in [7, 11) is 2.08. The molecule has 0 atom stereocenters. The average molecular weight is 429 g/mol. The number of nitriles is 1. The molecule has 2 aromatic carbocycles. The van der Waals surface area contributed by atoms with E-state index >= 15 is 0 Å². The lowest BCUT2D eigenvalue weighted by Gasteiger charge is -2.23. The number of benzene rings is 2. The Bertz CT molecular complexity index is 1250. The van der Waals surface area contributed by atoms with Gasteiger partial charge in [0.05, 0.1) is 16.8 Å². The highest BCUT2D eigenvalue weighted by Gasteiger charge is 2.13. The van der Waals surface area contributed by atoms with E-state index in [0.717, 1.165) is 31.5 Å². The van der Waals surface area contributed by atoms with Crippen molar-refractivity contribution in [3.05, 3.63) is 71.2 Å². The van der Waals surface area contributed by atoms with Gasteiger partial charge < -0.3 is 15.5 Å². The number of likely N-dealkylation sites (tertiary alicyclic amines) is 1. The van der Waals surface area contributed by atoms with E-state index in [0.29, 0.717) is 39.1 Å². The van der Waals surface area contributed by atoms with E-state index < -0.39 is 0 Å². The van der Waals surface area contributed by atoms with Crippen LogP contribution in [0.3, 0.4) is 0 Å². The predicted octanol–water partition coefficient (Wildman–Crippen LogP) is 4.89. The van der Waals surface area contributed by atoms with Gasteiger partial charge in [0.25, 0.3) is 0 Å². The first-order valence-corrected chi connectivity index (χ1v) is 10.5. The smallest absolute Gasteiger partial charge is 0.248 e. The normalized spacial score (nSPS) is 14.1. The van der Waals surface area contributed by atoms with E-state index in [4.69, 9.17) is 0 Å². The van der Waals surface area contributed by atoms with Gasteiger partial charge in [-0.25, -0.2) is 4.39 Å². The van der Waals surface area contributed by atoms with Crippen molar-refractivity contribution in [2.45, 2.75) is 19.8 Å². The summed E-state index contributed by atoms with van der Waals surface area (Å²) in [5.41, 5.74) is 4.52. The number of aromatic nitrogens is 1. The van der Waals surface area contributed by atoms with Crippen molar-refractivity contribution < 1.29 is 9.18 Å². The van der Waals surface area contributed by atoms with Crippen LogP contribution in [0.25, 0.3) is 10.9 Å². The molecule has 0 bridgehead atoms. The van der Waals surface area contributed by atoms with Crippen molar-refractivity contribution in [3.63, 3.8) is 0 Å². The number of carbonyl (C=O) groups excluding carboxylic acids is 1. The first kappa shape index (κ1) is 21.5. The largest absolute Gasteiger partial charge is 0.354 e. The summed E-state index contributed by atoms with van der Waals surface area (Å²) < 4.78 is 13.7. The molecule has 2 N–H and O–H groups in total. The fourth-order valence-corrected chi connectivity index (χ4v) is 3.77. The number of fused-ring (bicyclic) bond motifs is 1. The monoisotopic (exact) mass is 429 g/mol. The highest BCUT2D eigenvalue weighted by Crippen LogP contribution is 2.31. The van der Waals surface area contributed by atoms with Crippen LogP contribution in [0.1, 0.15) is 24.0 Å². The topological polar surface area (TPSA) is 81.0 Å². The number of nitrogens with zero attached hydrogens (tertiary/aromatic N) is 3. The third-order valence-electron chi connectivity index (χ3n) is 5.65. The number of carbonyl (C=O) groups is 1. The molecule has 0 unspecified atom stereocenters. The number of nitrogens with one attached hydrogen (secondary N) is 2. The van der Waals surface area contributed by atoms with E-state index in [1.54, 1.807) is 43.3 Å². The molecule has 1 fully saturated rings. The molecule has 2 heterocycles. The maximum atomic E-state index is 13.7. The number of rotatable bonds is 4. The molecule has 0 spiro atoms. The van der Waals surface area contributed by atoms with Gasteiger partial charge in [-0.2, -0.15) is 5.26 Å². The van der Waals surface area contributed by atoms with Gasteiger partial charge in [-0.05, 0) is 68.8 Å². The first-order valence-electron chi connectivity index (χ1n) is 10.5. The Morgan fingerprint density at radius 1 is 1.19 bits per heavy atom. The van der Waals surface area contributed by atoms with Crippen LogP contribution in [-0.4, -0.2) is 35.9 Å². The van der Waals surface area contributed by atoms with E-state index in [1.165, 1.54) is 12.3 Å². The number of halogens is 1. The Morgan fingerprint density at radius 2 is 1.94 bits per heavy atom. The van der Waals surface area contributed by atoms with E-state index in [2.05, 4.69) is 33.6 Å². The van der Waals surface area contributed by atoms with Gasteiger partial charge >= 0.3 is 0 Å². The summed E-state index contributed by atoms with van der Waals surface area (Å²) in [5, 5.41) is 16.4. The van der Waals surface area contributed by atoms with Crippen LogP contribution in [0.15, 0.2) is 54.2 Å². The van der Waals surface area contributed by atoms with Crippen LogP contribution < -0.4 is 10.6 Å². The van der Waals surface area contributed by atoms with Crippen molar-refractivity contribution in [2.24, 2.45) is 0 Å². The van der Waals surface area contributed by atoms with Crippen molar-refractivity contribution >= 4 is 33.9 Å². The third kappa shape index (κ3) is 4.76. The van der Waals surface area contributed by atoms with Crippen LogP contribution in [-0.2, 0) is 4.79 Å². The Labute approximate surface area is 186 Å². The lowest BCUT2D eigenvalue weighted by atomic mass is 10.0. The molecule has 7 heteroatoms. The lowest BCUT2D eigenvalue weighted by molar-refractivity contribution is -0.112. The summed E-state index contributed by atoms with van der Waals surface area (Å²) in [5.74, 6) is -0.462. The highest BCUT2D eigenvalue weighted by atomic mass is 19.1. The van der Waals surface area contributed by atoms with Crippen molar-refractivity contribution in [3.8, 4) is 6.07 Å². The van der Waals surface area contributed by atoms with Gasteiger partial charge in [-0.3, -0.25) is 9.78 Å². The maximum absolute atomic E-state index is 13.7. The zero-order valence-electron chi connectivity index (χ0n) is 18.1. The molecule has 1 aliphatic heterocycles. The van der Waals surface area contributed by atoms with Crippen LogP contribution in [0.4, 0.5) is 21.5 Å². The van der Waals surface area contributed by atoms with Gasteiger partial charge in [-0.1, -0.05) is 5.57 Å². The third-order valence-corrected chi connectivity index (χ3v) is 5.65. The molecule has 1 amide bonds. The number of pyridine rings is 1. The molecule has 4 rings (SSSR count). The Hall–Kier alpha value is -3.76. The van der Waals surface area contributed by atoms with E-state index in [-0.39, 0.29) is 11.7 Å². The van der Waals surface area contributed by atoms with Crippen molar-refractivity contribution in [1.29, 1.82) is 5.26 Å².